The zero-order chi connectivity index (χ0) is 37.2. The van der Waals surface area contributed by atoms with E-state index in [4.69, 9.17) is 15.0 Å². The molecular formula is C50H30N6. The fourth-order valence-electron chi connectivity index (χ4n) is 8.33. The Morgan fingerprint density at radius 1 is 0.411 bits per heavy atom. The normalized spacial score (nSPS) is 11.6. The van der Waals surface area contributed by atoms with Crippen molar-refractivity contribution in [2.75, 3.05) is 0 Å². The molecule has 0 aliphatic heterocycles. The molecule has 0 saturated heterocycles. The van der Waals surface area contributed by atoms with Gasteiger partial charge < -0.3 is 9.13 Å². The van der Waals surface area contributed by atoms with Crippen molar-refractivity contribution in [3.63, 3.8) is 0 Å². The van der Waals surface area contributed by atoms with Crippen molar-refractivity contribution < 1.29 is 0 Å². The maximum absolute atomic E-state index is 10.3. The molecule has 0 saturated carbocycles. The van der Waals surface area contributed by atoms with Crippen LogP contribution in [0.2, 0.25) is 0 Å². The highest BCUT2D eigenvalue weighted by Gasteiger charge is 2.24. The molecule has 11 aromatic rings. The molecule has 0 unspecified atom stereocenters. The Bertz CT molecular complexity index is 3310. The molecule has 0 radical (unpaired) electrons. The minimum absolute atomic E-state index is 0.487. The fraction of sp³-hybridized carbons (Fsp3) is 0. The van der Waals surface area contributed by atoms with E-state index in [1.807, 2.05) is 78.9 Å². The Labute approximate surface area is 321 Å². The topological polar surface area (TPSA) is 72.3 Å². The van der Waals surface area contributed by atoms with Crippen LogP contribution in [0.15, 0.2) is 182 Å². The molecule has 6 heteroatoms. The van der Waals surface area contributed by atoms with Crippen LogP contribution in [0, 0.1) is 11.3 Å². The second-order valence-electron chi connectivity index (χ2n) is 13.9. The number of fused-ring (bicyclic) bond motifs is 8. The first-order valence-corrected chi connectivity index (χ1v) is 18.6. The van der Waals surface area contributed by atoms with Crippen molar-refractivity contribution in [1.82, 2.24) is 24.1 Å². The van der Waals surface area contributed by atoms with Crippen LogP contribution < -0.4 is 0 Å². The highest BCUT2D eigenvalue weighted by molar-refractivity contribution is 6.26. The van der Waals surface area contributed by atoms with E-state index in [2.05, 4.69) is 118 Å². The standard InChI is InChI=1S/C50H30N6/c51-31-32-26-28-44(40(30-32)50-53-48(34-15-3-1-4-16-34)52-49(54-50)35-17-5-2-6-18-35)56-42-23-11-9-21-37(42)38-27-29-45-46(47(38)56)39-22-10-12-24-43(39)55(45)41-25-13-19-33-14-7-8-20-36(33)41/h1-30H. The third kappa shape index (κ3) is 4.85. The maximum atomic E-state index is 10.3. The molecule has 0 atom stereocenters. The lowest BCUT2D eigenvalue weighted by Crippen LogP contribution is -2.04. The van der Waals surface area contributed by atoms with Crippen molar-refractivity contribution >= 4 is 54.4 Å². The minimum Gasteiger partial charge on any atom is -0.309 e. The van der Waals surface area contributed by atoms with Gasteiger partial charge in [-0.05, 0) is 47.9 Å². The summed E-state index contributed by atoms with van der Waals surface area (Å²) in [5.74, 6) is 1.61. The molecule has 0 amide bonds. The van der Waals surface area contributed by atoms with E-state index in [1.165, 1.54) is 10.8 Å². The summed E-state index contributed by atoms with van der Waals surface area (Å²) in [5.41, 5.74) is 9.36. The van der Waals surface area contributed by atoms with Crippen molar-refractivity contribution in [3.05, 3.63) is 188 Å². The Morgan fingerprint density at radius 3 is 1.71 bits per heavy atom. The number of rotatable bonds is 5. The molecule has 260 valence electrons. The first-order chi connectivity index (χ1) is 27.7. The van der Waals surface area contributed by atoms with E-state index in [1.54, 1.807) is 0 Å². The Hall–Kier alpha value is -7.88. The third-order valence-corrected chi connectivity index (χ3v) is 10.8. The van der Waals surface area contributed by atoms with Crippen LogP contribution in [0.1, 0.15) is 5.56 Å². The molecule has 8 aromatic carbocycles. The van der Waals surface area contributed by atoms with E-state index < -0.39 is 0 Å². The van der Waals surface area contributed by atoms with Gasteiger partial charge in [-0.3, -0.25) is 0 Å². The van der Waals surface area contributed by atoms with Gasteiger partial charge in [0.2, 0.25) is 0 Å². The van der Waals surface area contributed by atoms with E-state index in [0.29, 0.717) is 23.0 Å². The van der Waals surface area contributed by atoms with Gasteiger partial charge in [0, 0.05) is 43.6 Å². The first-order valence-electron chi connectivity index (χ1n) is 18.6. The van der Waals surface area contributed by atoms with Crippen molar-refractivity contribution in [2.45, 2.75) is 0 Å². The first kappa shape index (κ1) is 31.6. The lowest BCUT2D eigenvalue weighted by Gasteiger charge is -2.16. The van der Waals surface area contributed by atoms with Gasteiger partial charge in [-0.15, -0.1) is 0 Å². The third-order valence-electron chi connectivity index (χ3n) is 10.8. The highest BCUT2D eigenvalue weighted by atomic mass is 15.1. The fourth-order valence-corrected chi connectivity index (χ4v) is 8.33. The van der Waals surface area contributed by atoms with Crippen LogP contribution >= 0.6 is 0 Å². The lowest BCUT2D eigenvalue weighted by molar-refractivity contribution is 1.06. The molecule has 3 heterocycles. The molecule has 0 N–H and O–H groups in total. The van der Waals surface area contributed by atoms with Crippen molar-refractivity contribution in [2.24, 2.45) is 0 Å². The average Bonchev–Trinajstić information content (AvgIpc) is 3.79. The SMILES string of the molecule is N#Cc1ccc(-n2c3ccccc3c3ccc4c(c5ccccc5n4-c4cccc5ccccc45)c32)c(-c2nc(-c3ccccc3)nc(-c3ccccc3)n2)c1. The maximum Gasteiger partial charge on any atom is 0.166 e. The molecule has 0 fully saturated rings. The summed E-state index contributed by atoms with van der Waals surface area (Å²) in [5, 5.41) is 17.2. The predicted octanol–water partition coefficient (Wildman–Crippen LogP) is 12.1. The number of benzene rings is 8. The van der Waals surface area contributed by atoms with Crippen molar-refractivity contribution in [1.29, 1.82) is 5.26 Å². The molecule has 0 aliphatic carbocycles. The Kier molecular flexibility index (Phi) is 7.13. The molecule has 0 aliphatic rings. The van der Waals surface area contributed by atoms with Crippen LogP contribution in [-0.2, 0) is 0 Å². The van der Waals surface area contributed by atoms with Crippen LogP contribution in [0.5, 0.6) is 0 Å². The minimum atomic E-state index is 0.487. The number of hydrogen-bond donors (Lipinski definition) is 0. The number of nitrogens with zero attached hydrogens (tertiary/aromatic N) is 6. The van der Waals surface area contributed by atoms with Crippen LogP contribution in [0.4, 0.5) is 0 Å². The van der Waals surface area contributed by atoms with Gasteiger partial charge in [0.15, 0.2) is 17.5 Å². The van der Waals surface area contributed by atoms with E-state index in [-0.39, 0.29) is 0 Å². The monoisotopic (exact) mass is 714 g/mol. The number of hydrogen-bond acceptors (Lipinski definition) is 4. The summed E-state index contributed by atoms with van der Waals surface area (Å²) in [7, 11) is 0. The van der Waals surface area contributed by atoms with E-state index in [0.717, 1.165) is 71.7 Å². The van der Waals surface area contributed by atoms with Crippen LogP contribution in [0.25, 0.3) is 99.9 Å². The molecule has 0 bridgehead atoms. The smallest absolute Gasteiger partial charge is 0.166 e. The number of nitriles is 1. The summed E-state index contributed by atoms with van der Waals surface area (Å²) < 4.78 is 4.75. The average molecular weight is 715 g/mol. The Balaban J connectivity index is 1.27. The molecule has 6 nitrogen and oxygen atoms in total. The van der Waals surface area contributed by atoms with Crippen molar-refractivity contribution in [3.8, 4) is 51.6 Å². The van der Waals surface area contributed by atoms with Gasteiger partial charge in [-0.25, -0.2) is 15.0 Å². The second kappa shape index (κ2) is 12.6. The zero-order valence-electron chi connectivity index (χ0n) is 30.0. The highest BCUT2D eigenvalue weighted by Crippen LogP contribution is 2.44. The van der Waals surface area contributed by atoms with E-state index >= 15 is 0 Å². The summed E-state index contributed by atoms with van der Waals surface area (Å²) in [4.78, 5) is 15.2. The summed E-state index contributed by atoms with van der Waals surface area (Å²) in [6.07, 6.45) is 0. The Morgan fingerprint density at radius 2 is 1.00 bits per heavy atom. The summed E-state index contributed by atoms with van der Waals surface area (Å²) >= 11 is 0. The predicted molar refractivity (Wildman–Crippen MR) is 227 cm³/mol. The molecule has 11 rings (SSSR count). The van der Waals surface area contributed by atoms with Gasteiger partial charge in [-0.2, -0.15) is 5.26 Å². The van der Waals surface area contributed by atoms with E-state index in [9.17, 15) is 5.26 Å². The van der Waals surface area contributed by atoms with Gasteiger partial charge >= 0.3 is 0 Å². The van der Waals surface area contributed by atoms with Crippen LogP contribution in [-0.4, -0.2) is 24.1 Å². The number of aromatic nitrogens is 5. The van der Waals surface area contributed by atoms with Gasteiger partial charge in [0.25, 0.3) is 0 Å². The van der Waals surface area contributed by atoms with Crippen LogP contribution in [0.3, 0.4) is 0 Å². The molecular weight excluding hydrogens is 685 g/mol. The summed E-state index contributed by atoms with van der Waals surface area (Å²) in [6.45, 7) is 0. The second-order valence-corrected chi connectivity index (χ2v) is 13.9. The lowest BCUT2D eigenvalue weighted by atomic mass is 10.1. The number of para-hydroxylation sites is 2. The molecule has 3 aromatic heterocycles. The van der Waals surface area contributed by atoms with Gasteiger partial charge in [-0.1, -0.05) is 140 Å². The largest absolute Gasteiger partial charge is 0.309 e. The summed E-state index contributed by atoms with van der Waals surface area (Å²) in [6, 6.07) is 65.0. The van der Waals surface area contributed by atoms with Gasteiger partial charge in [0.05, 0.1) is 45.1 Å². The van der Waals surface area contributed by atoms with Gasteiger partial charge in [0.1, 0.15) is 0 Å². The quantitative estimate of drug-likeness (QED) is 0.178. The molecule has 0 spiro atoms. The zero-order valence-corrected chi connectivity index (χ0v) is 30.0. The molecule has 56 heavy (non-hydrogen) atoms.